The molecule has 208 valence electrons. The molecule has 1 amide bonds. The van der Waals surface area contributed by atoms with Gasteiger partial charge in [0.1, 0.15) is 16.4 Å². The van der Waals surface area contributed by atoms with Gasteiger partial charge in [-0.3, -0.25) is 9.59 Å². The number of halogens is 7. The predicted molar refractivity (Wildman–Crippen MR) is 137 cm³/mol. The Kier molecular flexibility index (Phi) is 6.89. The summed E-state index contributed by atoms with van der Waals surface area (Å²) < 4.78 is 82.1. The highest BCUT2D eigenvalue weighted by Gasteiger charge is 2.38. The second kappa shape index (κ2) is 9.96. The van der Waals surface area contributed by atoms with Crippen molar-refractivity contribution in [1.82, 2.24) is 14.5 Å². The molecule has 40 heavy (non-hydrogen) atoms. The molecule has 0 saturated carbocycles. The molecular formula is C28H20ClF6N3O2. The molecule has 0 aliphatic carbocycles. The number of hydrogen-bond acceptors (Lipinski definition) is 3. The van der Waals surface area contributed by atoms with Gasteiger partial charge in [0.15, 0.2) is 0 Å². The predicted octanol–water partition coefficient (Wildman–Crippen LogP) is 7.05. The first-order valence-electron chi connectivity index (χ1n) is 12.1. The zero-order valence-corrected chi connectivity index (χ0v) is 21.5. The molecule has 0 unspecified atom stereocenters. The largest absolute Gasteiger partial charge is 0.416 e. The van der Waals surface area contributed by atoms with E-state index < -0.39 is 41.5 Å². The second-order valence-corrected chi connectivity index (χ2v) is 10.1. The van der Waals surface area contributed by atoms with Gasteiger partial charge in [-0.1, -0.05) is 48.9 Å². The maximum Gasteiger partial charge on any atom is 0.416 e. The Hall–Kier alpha value is -3.86. The SMILES string of the molecule is C[C@H]1CN(Cc2cc(C(F)(F)F)cc(C(F)(F)F)c2)C(=O)c2c(-c3ccccc3)c3ccc(Cl)nc3c(=O)n2C1. The first-order chi connectivity index (χ1) is 18.7. The van der Waals surface area contributed by atoms with Gasteiger partial charge in [-0.05, 0) is 47.4 Å². The molecule has 0 radical (unpaired) electrons. The van der Waals surface area contributed by atoms with E-state index in [4.69, 9.17) is 11.6 Å². The summed E-state index contributed by atoms with van der Waals surface area (Å²) >= 11 is 6.07. The fourth-order valence-electron chi connectivity index (χ4n) is 5.03. The zero-order chi connectivity index (χ0) is 29.0. The molecule has 0 fully saturated rings. The summed E-state index contributed by atoms with van der Waals surface area (Å²) in [5.41, 5.74) is -2.91. The van der Waals surface area contributed by atoms with Crippen molar-refractivity contribution in [3.05, 3.63) is 98.6 Å². The lowest BCUT2D eigenvalue weighted by Crippen LogP contribution is -2.34. The maximum atomic E-state index is 14.1. The van der Waals surface area contributed by atoms with Crippen molar-refractivity contribution in [1.29, 1.82) is 0 Å². The molecule has 5 nitrogen and oxygen atoms in total. The van der Waals surface area contributed by atoms with Gasteiger partial charge in [-0.25, -0.2) is 4.98 Å². The minimum atomic E-state index is -5.03. The topological polar surface area (TPSA) is 55.2 Å². The molecule has 1 atom stereocenters. The number of carbonyl (C=O) groups is 1. The molecule has 2 aromatic carbocycles. The van der Waals surface area contributed by atoms with Crippen LogP contribution >= 0.6 is 11.6 Å². The zero-order valence-electron chi connectivity index (χ0n) is 20.8. The van der Waals surface area contributed by atoms with Crippen LogP contribution in [0.25, 0.3) is 22.0 Å². The number of alkyl halides is 6. The van der Waals surface area contributed by atoms with Gasteiger partial charge in [0.25, 0.3) is 11.5 Å². The first kappa shape index (κ1) is 27.7. The van der Waals surface area contributed by atoms with Crippen LogP contribution < -0.4 is 5.56 Å². The first-order valence-corrected chi connectivity index (χ1v) is 12.5. The van der Waals surface area contributed by atoms with Crippen LogP contribution in [-0.2, 0) is 25.4 Å². The van der Waals surface area contributed by atoms with E-state index in [-0.39, 0.29) is 47.0 Å². The third-order valence-corrected chi connectivity index (χ3v) is 6.90. The van der Waals surface area contributed by atoms with Crippen LogP contribution in [0.5, 0.6) is 0 Å². The van der Waals surface area contributed by atoms with Crippen LogP contribution in [-0.4, -0.2) is 26.9 Å². The average molecular weight is 580 g/mol. The Labute approximate surface area is 228 Å². The quantitative estimate of drug-likeness (QED) is 0.193. The fourth-order valence-corrected chi connectivity index (χ4v) is 5.18. The van der Waals surface area contributed by atoms with Crippen molar-refractivity contribution in [3.63, 3.8) is 0 Å². The van der Waals surface area contributed by atoms with Crippen molar-refractivity contribution in [2.24, 2.45) is 5.92 Å². The number of hydrogen-bond donors (Lipinski definition) is 0. The lowest BCUT2D eigenvalue weighted by molar-refractivity contribution is -0.143. The van der Waals surface area contributed by atoms with Gasteiger partial charge in [0, 0.05) is 30.6 Å². The Morgan fingerprint density at radius 1 is 0.900 bits per heavy atom. The van der Waals surface area contributed by atoms with Gasteiger partial charge in [0.05, 0.1) is 11.1 Å². The Bertz CT molecular complexity index is 1650. The smallest absolute Gasteiger partial charge is 0.333 e. The summed E-state index contributed by atoms with van der Waals surface area (Å²) in [6.07, 6.45) is -10.1. The van der Waals surface area contributed by atoms with Gasteiger partial charge < -0.3 is 9.47 Å². The molecule has 0 spiro atoms. The van der Waals surface area contributed by atoms with E-state index in [1.165, 1.54) is 15.5 Å². The third-order valence-electron chi connectivity index (χ3n) is 6.68. The summed E-state index contributed by atoms with van der Waals surface area (Å²) in [7, 11) is 0. The number of amides is 1. The molecular weight excluding hydrogens is 560 g/mol. The van der Waals surface area contributed by atoms with Crippen molar-refractivity contribution in [3.8, 4) is 11.1 Å². The molecule has 1 aliphatic rings. The van der Waals surface area contributed by atoms with Crippen LogP contribution in [0.4, 0.5) is 26.3 Å². The van der Waals surface area contributed by atoms with Crippen molar-refractivity contribution < 1.29 is 31.1 Å². The number of rotatable bonds is 3. The molecule has 5 rings (SSSR count). The molecule has 0 N–H and O–H groups in total. The van der Waals surface area contributed by atoms with E-state index in [0.717, 1.165) is 0 Å². The monoisotopic (exact) mass is 579 g/mol. The van der Waals surface area contributed by atoms with Crippen molar-refractivity contribution in [2.75, 3.05) is 6.54 Å². The number of fused-ring (bicyclic) bond motifs is 2. The summed E-state index contributed by atoms with van der Waals surface area (Å²) in [5.74, 6) is -1.08. The molecule has 3 heterocycles. The molecule has 1 aliphatic heterocycles. The molecule has 0 saturated heterocycles. The Morgan fingerprint density at radius 2 is 1.52 bits per heavy atom. The number of pyridine rings is 2. The van der Waals surface area contributed by atoms with E-state index in [9.17, 15) is 35.9 Å². The summed E-state index contributed by atoms with van der Waals surface area (Å²) in [5, 5.41) is 0.414. The number of aromatic nitrogens is 2. The number of carbonyl (C=O) groups excluding carboxylic acids is 1. The van der Waals surface area contributed by atoms with Gasteiger partial charge in [-0.15, -0.1) is 0 Å². The van der Waals surface area contributed by atoms with E-state index in [2.05, 4.69) is 4.98 Å². The lowest BCUT2D eigenvalue weighted by atomic mass is 9.97. The Morgan fingerprint density at radius 3 is 2.12 bits per heavy atom. The molecule has 0 bridgehead atoms. The molecule has 12 heteroatoms. The molecule has 4 aromatic rings. The average Bonchev–Trinajstić information content (AvgIpc) is 3.00. The minimum Gasteiger partial charge on any atom is -0.333 e. The van der Waals surface area contributed by atoms with Gasteiger partial charge in [-0.2, -0.15) is 26.3 Å². The number of nitrogens with zero attached hydrogens (tertiary/aromatic N) is 3. The van der Waals surface area contributed by atoms with E-state index in [1.807, 2.05) is 0 Å². The second-order valence-electron chi connectivity index (χ2n) is 9.74. The van der Waals surface area contributed by atoms with E-state index in [0.29, 0.717) is 28.6 Å². The minimum absolute atomic E-state index is 0.0175. The van der Waals surface area contributed by atoms with Gasteiger partial charge in [0.2, 0.25) is 0 Å². The van der Waals surface area contributed by atoms with Gasteiger partial charge >= 0.3 is 12.4 Å². The summed E-state index contributed by atoms with van der Waals surface area (Å²) in [6.45, 7) is 1.25. The third kappa shape index (κ3) is 5.17. The highest BCUT2D eigenvalue weighted by atomic mass is 35.5. The Balaban J connectivity index is 1.71. The van der Waals surface area contributed by atoms with Crippen molar-refractivity contribution in [2.45, 2.75) is 32.4 Å². The number of benzene rings is 2. The lowest BCUT2D eigenvalue weighted by Gasteiger charge is -2.25. The van der Waals surface area contributed by atoms with Crippen LogP contribution in [0.1, 0.15) is 34.1 Å². The van der Waals surface area contributed by atoms with E-state index >= 15 is 0 Å². The van der Waals surface area contributed by atoms with Crippen LogP contribution in [0.15, 0.2) is 65.5 Å². The van der Waals surface area contributed by atoms with Crippen LogP contribution in [0.2, 0.25) is 5.15 Å². The maximum absolute atomic E-state index is 14.1. The standard InChI is InChI=1S/C28H20ClF6N3O2/c1-15-12-37(14-16-9-18(27(30,31)32)11-19(10-16)28(33,34)35)26(40)24-22(17-5-3-2-4-6-17)20-7-8-21(29)36-23(20)25(39)38(24)13-15/h2-11,15H,12-14H2,1H3/t15-/m0/s1. The van der Waals surface area contributed by atoms with E-state index in [1.54, 1.807) is 43.3 Å². The summed E-state index contributed by atoms with van der Waals surface area (Å²) in [6, 6.07) is 13.0. The van der Waals surface area contributed by atoms with Crippen molar-refractivity contribution >= 4 is 28.4 Å². The van der Waals surface area contributed by atoms with Crippen LogP contribution in [0, 0.1) is 5.92 Å². The van der Waals surface area contributed by atoms with Crippen LogP contribution in [0.3, 0.4) is 0 Å². The molecule has 2 aromatic heterocycles. The normalized spacial score (nSPS) is 16.2. The highest BCUT2D eigenvalue weighted by molar-refractivity contribution is 6.30. The summed E-state index contributed by atoms with van der Waals surface area (Å²) in [4.78, 5) is 33.0. The highest BCUT2D eigenvalue weighted by Crippen LogP contribution is 2.38. The fraction of sp³-hybridized carbons (Fsp3) is 0.250.